The van der Waals surface area contributed by atoms with Crippen molar-refractivity contribution >= 4 is 42.4 Å². The van der Waals surface area contributed by atoms with Gasteiger partial charge in [-0.3, -0.25) is 19.2 Å². The molecule has 0 aliphatic heterocycles. The number of carbonyl (C=O) groups is 5. The van der Waals surface area contributed by atoms with Gasteiger partial charge in [-0.2, -0.15) is 12.6 Å². The van der Waals surface area contributed by atoms with Crippen molar-refractivity contribution in [1.82, 2.24) is 21.3 Å². The minimum absolute atomic E-state index is 0.0822. The Balaban J connectivity index is -0.000000408. The second kappa shape index (κ2) is 17.8. The van der Waals surface area contributed by atoms with Gasteiger partial charge in [-0.25, -0.2) is 4.79 Å². The van der Waals surface area contributed by atoms with Gasteiger partial charge in [0.2, 0.25) is 11.8 Å². The fraction of sp³-hybridized carbons (Fsp3) is 0.615. The van der Waals surface area contributed by atoms with Crippen molar-refractivity contribution in [2.75, 3.05) is 25.9 Å². The topological polar surface area (TPSA) is 174 Å². The maximum atomic E-state index is 11.3. The number of thiol groups is 1. The van der Waals surface area contributed by atoms with Crippen LogP contribution in [0.2, 0.25) is 0 Å². The molecule has 25 heavy (non-hydrogen) atoms. The van der Waals surface area contributed by atoms with E-state index in [2.05, 4.69) is 33.9 Å². The van der Waals surface area contributed by atoms with Crippen LogP contribution < -0.4 is 21.3 Å². The molecule has 0 saturated carbocycles. The van der Waals surface area contributed by atoms with Crippen LogP contribution in [0.4, 0.5) is 4.79 Å². The predicted octanol–water partition coefficient (Wildman–Crippen LogP) is -1.35. The first kappa shape index (κ1) is 27.4. The summed E-state index contributed by atoms with van der Waals surface area (Å²) in [4.78, 5) is 52.0. The monoisotopic (exact) mass is 382 g/mol. The van der Waals surface area contributed by atoms with E-state index in [4.69, 9.17) is 10.2 Å². The molecule has 0 aliphatic rings. The fourth-order valence-electron chi connectivity index (χ4n) is 0.911. The minimum Gasteiger partial charge on any atom is -0.480 e. The number of hydrogen-bond acceptors (Lipinski definition) is 6. The Morgan fingerprint density at radius 1 is 0.960 bits per heavy atom. The number of urea groups is 1. The molecular formula is C13H26N4O7S. The summed E-state index contributed by atoms with van der Waals surface area (Å²) < 4.78 is 0. The van der Waals surface area contributed by atoms with Crippen molar-refractivity contribution in [3.63, 3.8) is 0 Å². The summed E-state index contributed by atoms with van der Waals surface area (Å²) in [6.07, 6.45) is 0. The summed E-state index contributed by atoms with van der Waals surface area (Å²) in [5.41, 5.74) is 0. The molecule has 0 radical (unpaired) electrons. The SMILES string of the molecule is CC.CC(=O)NCC(=O)O.CNC(=O)NC(CS)C(=O)NCC(=O)O. The van der Waals surface area contributed by atoms with E-state index in [-0.39, 0.29) is 18.2 Å². The molecule has 0 aromatic rings. The first-order valence-electron chi connectivity index (χ1n) is 7.18. The maximum Gasteiger partial charge on any atom is 0.322 e. The van der Waals surface area contributed by atoms with Crippen LogP contribution >= 0.6 is 12.6 Å². The van der Waals surface area contributed by atoms with Gasteiger partial charge in [0.05, 0.1) is 0 Å². The van der Waals surface area contributed by atoms with Gasteiger partial charge in [-0.05, 0) is 0 Å². The first-order chi connectivity index (χ1) is 11.6. The highest BCUT2D eigenvalue weighted by molar-refractivity contribution is 7.80. The molecule has 0 aliphatic carbocycles. The number of rotatable bonds is 7. The highest BCUT2D eigenvalue weighted by atomic mass is 32.1. The van der Waals surface area contributed by atoms with Crippen molar-refractivity contribution in [1.29, 1.82) is 0 Å². The quantitative estimate of drug-likeness (QED) is 0.266. The van der Waals surface area contributed by atoms with Gasteiger partial charge in [-0.15, -0.1) is 0 Å². The molecule has 0 heterocycles. The third-order valence-electron chi connectivity index (χ3n) is 1.93. The largest absolute Gasteiger partial charge is 0.480 e. The molecular weight excluding hydrogens is 356 g/mol. The van der Waals surface area contributed by atoms with Crippen LogP contribution in [0.5, 0.6) is 0 Å². The summed E-state index contributed by atoms with van der Waals surface area (Å²) in [5.74, 6) is -3.01. The minimum atomic E-state index is -1.15. The molecule has 1 atom stereocenters. The first-order valence-corrected chi connectivity index (χ1v) is 7.82. The van der Waals surface area contributed by atoms with Crippen LogP contribution in [0.15, 0.2) is 0 Å². The lowest BCUT2D eigenvalue weighted by Gasteiger charge is -2.15. The maximum absolute atomic E-state index is 11.3. The van der Waals surface area contributed by atoms with Crippen molar-refractivity contribution in [2.24, 2.45) is 0 Å². The van der Waals surface area contributed by atoms with Crippen molar-refractivity contribution in [3.05, 3.63) is 0 Å². The van der Waals surface area contributed by atoms with Crippen LogP contribution in [0.1, 0.15) is 20.8 Å². The summed E-state index contributed by atoms with van der Waals surface area (Å²) in [6, 6.07) is -1.38. The lowest BCUT2D eigenvalue weighted by molar-refractivity contribution is -0.138. The zero-order valence-corrected chi connectivity index (χ0v) is 15.5. The average molecular weight is 382 g/mol. The van der Waals surface area contributed by atoms with Gasteiger partial charge in [0.15, 0.2) is 0 Å². The standard InChI is InChI=1S/C7H13N3O4S.C4H7NO3.C2H6/c1-8-7(14)10-4(3-15)6(13)9-2-5(11)12;1-3(6)5-2-4(7)8;1-2/h4,15H,2-3H2,1H3,(H,9,13)(H,11,12)(H2,8,10,14);2H2,1H3,(H,5,6)(H,7,8);1-2H3. The highest BCUT2D eigenvalue weighted by Gasteiger charge is 2.18. The van der Waals surface area contributed by atoms with E-state index in [0.717, 1.165) is 0 Å². The second-order valence-corrected chi connectivity index (χ2v) is 4.24. The van der Waals surface area contributed by atoms with Gasteiger partial charge in [-0.1, -0.05) is 13.8 Å². The van der Waals surface area contributed by atoms with E-state index in [1.807, 2.05) is 13.8 Å². The third-order valence-corrected chi connectivity index (χ3v) is 2.30. The molecule has 0 aromatic heterocycles. The molecule has 0 bridgehead atoms. The Kier molecular flexibility index (Phi) is 19.5. The Bertz CT molecular complexity index is 432. The van der Waals surface area contributed by atoms with Gasteiger partial charge in [0.1, 0.15) is 19.1 Å². The van der Waals surface area contributed by atoms with Gasteiger partial charge in [0.25, 0.3) is 0 Å². The number of carbonyl (C=O) groups excluding carboxylic acids is 3. The zero-order valence-electron chi connectivity index (χ0n) is 14.6. The third kappa shape index (κ3) is 21.5. The molecule has 1 unspecified atom stereocenters. The molecule has 0 aromatic carbocycles. The molecule has 4 amide bonds. The van der Waals surface area contributed by atoms with E-state index in [0.29, 0.717) is 0 Å². The lowest BCUT2D eigenvalue weighted by atomic mass is 10.3. The average Bonchev–Trinajstić information content (AvgIpc) is 2.57. The number of carboxylic acids is 2. The van der Waals surface area contributed by atoms with E-state index in [1.54, 1.807) is 0 Å². The smallest absolute Gasteiger partial charge is 0.322 e. The van der Waals surface area contributed by atoms with Gasteiger partial charge in [0, 0.05) is 19.7 Å². The number of amides is 4. The zero-order chi connectivity index (χ0) is 20.4. The molecule has 6 N–H and O–H groups in total. The van der Waals surface area contributed by atoms with Crippen LogP contribution in [-0.2, 0) is 19.2 Å². The molecule has 0 rings (SSSR count). The van der Waals surface area contributed by atoms with E-state index in [1.165, 1.54) is 14.0 Å². The van der Waals surface area contributed by atoms with Crippen molar-refractivity contribution in [2.45, 2.75) is 26.8 Å². The Labute approximate surface area is 151 Å². The lowest BCUT2D eigenvalue weighted by Crippen LogP contribution is -2.51. The number of hydrogen-bond donors (Lipinski definition) is 7. The molecule has 11 nitrogen and oxygen atoms in total. The Morgan fingerprint density at radius 3 is 1.68 bits per heavy atom. The Hall–Kier alpha value is -2.50. The van der Waals surface area contributed by atoms with Gasteiger partial charge >= 0.3 is 18.0 Å². The van der Waals surface area contributed by atoms with Crippen LogP contribution in [0.3, 0.4) is 0 Å². The Morgan fingerprint density at radius 2 is 1.40 bits per heavy atom. The number of nitrogens with one attached hydrogen (secondary N) is 4. The van der Waals surface area contributed by atoms with Crippen LogP contribution in [-0.4, -0.2) is 71.9 Å². The summed E-state index contributed by atoms with van der Waals surface area (Å²) in [7, 11) is 1.40. The number of carboxylic acid groups (broad SMARTS) is 2. The summed E-state index contributed by atoms with van der Waals surface area (Å²) in [6.45, 7) is 4.48. The van der Waals surface area contributed by atoms with Crippen molar-refractivity contribution < 1.29 is 34.2 Å². The fourth-order valence-corrected chi connectivity index (χ4v) is 1.17. The van der Waals surface area contributed by atoms with Gasteiger partial charge < -0.3 is 31.5 Å². The normalized spacial score (nSPS) is 9.64. The predicted molar refractivity (Wildman–Crippen MR) is 93.5 cm³/mol. The molecule has 0 fully saturated rings. The number of aliphatic carboxylic acids is 2. The van der Waals surface area contributed by atoms with Crippen LogP contribution in [0, 0.1) is 0 Å². The summed E-state index contributed by atoms with van der Waals surface area (Å²) in [5, 5.41) is 25.1. The van der Waals surface area contributed by atoms with Crippen LogP contribution in [0.25, 0.3) is 0 Å². The van der Waals surface area contributed by atoms with E-state index >= 15 is 0 Å². The van der Waals surface area contributed by atoms with Crippen molar-refractivity contribution in [3.8, 4) is 0 Å². The van der Waals surface area contributed by atoms with E-state index in [9.17, 15) is 24.0 Å². The second-order valence-electron chi connectivity index (χ2n) is 3.87. The molecule has 0 spiro atoms. The summed E-state index contributed by atoms with van der Waals surface area (Å²) >= 11 is 3.86. The highest BCUT2D eigenvalue weighted by Crippen LogP contribution is 1.88. The molecule has 12 heteroatoms. The molecule has 146 valence electrons. The molecule has 0 saturated heterocycles. The van der Waals surface area contributed by atoms with E-state index < -0.39 is 36.5 Å².